The monoisotopic (exact) mass is 414 g/mol. The lowest BCUT2D eigenvalue weighted by molar-refractivity contribution is 0.102. The molecule has 0 unspecified atom stereocenters. The highest BCUT2D eigenvalue weighted by Crippen LogP contribution is 2.22. The number of nitrogens with one attached hydrogen (secondary N) is 2. The highest BCUT2D eigenvalue weighted by molar-refractivity contribution is 7.98. The zero-order valence-electron chi connectivity index (χ0n) is 15.2. The molecule has 0 bridgehead atoms. The van der Waals surface area contributed by atoms with Crippen molar-refractivity contribution in [2.24, 2.45) is 0 Å². The van der Waals surface area contributed by atoms with Gasteiger partial charge in [-0.3, -0.25) is 4.79 Å². The van der Waals surface area contributed by atoms with E-state index in [1.165, 1.54) is 42.2 Å². The zero-order valence-corrected chi connectivity index (χ0v) is 16.8. The third kappa shape index (κ3) is 4.68. The first-order valence-electron chi connectivity index (χ1n) is 8.26. The molecule has 0 aliphatic rings. The van der Waals surface area contributed by atoms with Gasteiger partial charge in [-0.25, -0.2) is 23.1 Å². The molecular weight excluding hydrogens is 396 g/mol. The summed E-state index contributed by atoms with van der Waals surface area (Å²) in [6.07, 6.45) is 3.38. The number of anilines is 2. The summed E-state index contributed by atoms with van der Waals surface area (Å²) in [5, 5.41) is 2.78. The van der Waals surface area contributed by atoms with Crippen molar-refractivity contribution < 1.29 is 13.2 Å². The van der Waals surface area contributed by atoms with Gasteiger partial charge in [0.05, 0.1) is 10.5 Å². The number of aryl methyl sites for hydroxylation is 1. The predicted molar refractivity (Wildman–Crippen MR) is 110 cm³/mol. The second-order valence-electron chi connectivity index (χ2n) is 5.81. The Balaban J connectivity index is 1.75. The Morgan fingerprint density at radius 2 is 1.75 bits per heavy atom. The van der Waals surface area contributed by atoms with Crippen LogP contribution in [0, 0.1) is 6.92 Å². The molecule has 0 aliphatic heterocycles. The van der Waals surface area contributed by atoms with Crippen molar-refractivity contribution in [2.75, 3.05) is 16.3 Å². The van der Waals surface area contributed by atoms with E-state index in [9.17, 15) is 13.2 Å². The molecule has 0 saturated carbocycles. The van der Waals surface area contributed by atoms with Crippen molar-refractivity contribution in [1.82, 2.24) is 9.97 Å². The maximum absolute atomic E-state index is 12.5. The third-order valence-corrected chi connectivity index (χ3v) is 5.93. The van der Waals surface area contributed by atoms with Crippen LogP contribution in [0.3, 0.4) is 0 Å². The van der Waals surface area contributed by atoms with E-state index in [-0.39, 0.29) is 16.8 Å². The van der Waals surface area contributed by atoms with Crippen molar-refractivity contribution >= 4 is 39.3 Å². The number of carbonyl (C=O) groups is 1. The maximum Gasteiger partial charge on any atom is 0.264 e. The molecule has 3 rings (SSSR count). The van der Waals surface area contributed by atoms with Crippen LogP contribution in [-0.2, 0) is 10.0 Å². The number of aromatic nitrogens is 2. The Labute approximate surface area is 167 Å². The summed E-state index contributed by atoms with van der Waals surface area (Å²) in [5.41, 5.74) is 1.70. The van der Waals surface area contributed by atoms with E-state index in [1.807, 2.05) is 18.4 Å². The normalized spacial score (nSPS) is 11.1. The minimum Gasteiger partial charge on any atom is -0.322 e. The van der Waals surface area contributed by atoms with Crippen LogP contribution in [-0.4, -0.2) is 30.5 Å². The Hall–Kier alpha value is -2.91. The number of hydrogen-bond acceptors (Lipinski definition) is 6. The molecule has 1 aromatic heterocycles. The van der Waals surface area contributed by atoms with Crippen LogP contribution in [0.1, 0.15) is 16.1 Å². The van der Waals surface area contributed by atoms with E-state index in [0.29, 0.717) is 16.9 Å². The van der Waals surface area contributed by atoms with Gasteiger partial charge >= 0.3 is 0 Å². The molecular formula is C19H18N4O3S2. The van der Waals surface area contributed by atoms with Gasteiger partial charge < -0.3 is 5.32 Å². The van der Waals surface area contributed by atoms with Gasteiger partial charge in [-0.05, 0) is 55.6 Å². The number of sulfonamides is 1. The van der Waals surface area contributed by atoms with Crippen molar-refractivity contribution in [3.8, 4) is 0 Å². The predicted octanol–water partition coefficient (Wildman–Crippen LogP) is 3.56. The van der Waals surface area contributed by atoms with Crippen molar-refractivity contribution in [3.05, 3.63) is 72.1 Å². The lowest BCUT2D eigenvalue weighted by Gasteiger charge is -2.10. The van der Waals surface area contributed by atoms with Crippen LogP contribution in [0.25, 0.3) is 0 Å². The van der Waals surface area contributed by atoms with Gasteiger partial charge in [-0.2, -0.15) is 0 Å². The van der Waals surface area contributed by atoms with E-state index < -0.39 is 10.0 Å². The van der Waals surface area contributed by atoms with Crippen LogP contribution in [0.2, 0.25) is 0 Å². The Bertz CT molecular complexity index is 1100. The lowest BCUT2D eigenvalue weighted by Crippen LogP contribution is -2.16. The van der Waals surface area contributed by atoms with E-state index in [1.54, 1.807) is 25.1 Å². The number of carbonyl (C=O) groups excluding carboxylic acids is 1. The number of amides is 1. The summed E-state index contributed by atoms with van der Waals surface area (Å²) in [5.74, 6) is -0.252. The van der Waals surface area contributed by atoms with Crippen LogP contribution < -0.4 is 10.0 Å². The molecule has 1 amide bonds. The average molecular weight is 415 g/mol. The van der Waals surface area contributed by atoms with Crippen molar-refractivity contribution in [1.29, 1.82) is 0 Å². The molecule has 1 heterocycles. The van der Waals surface area contributed by atoms with Crippen LogP contribution in [0.15, 0.2) is 70.6 Å². The molecule has 2 N–H and O–H groups in total. The maximum atomic E-state index is 12.5. The lowest BCUT2D eigenvalue weighted by atomic mass is 10.2. The first-order chi connectivity index (χ1) is 13.4. The minimum absolute atomic E-state index is 0.00560. The standard InChI is InChI=1S/C19H18N4O3S2/c1-13-11-12-20-19(21-13)23-28(25,26)15-9-7-14(8-10-15)22-18(24)16-5-3-4-6-17(16)27-2/h3-12H,1-2H3,(H,22,24)(H,20,21,23). The van der Waals surface area contributed by atoms with Crippen molar-refractivity contribution in [2.45, 2.75) is 16.7 Å². The Morgan fingerprint density at radius 1 is 1.04 bits per heavy atom. The van der Waals surface area contributed by atoms with E-state index in [4.69, 9.17) is 0 Å². The summed E-state index contributed by atoms with van der Waals surface area (Å²) >= 11 is 1.48. The van der Waals surface area contributed by atoms with Gasteiger partial charge in [0.25, 0.3) is 15.9 Å². The second-order valence-corrected chi connectivity index (χ2v) is 8.34. The molecule has 0 atom stereocenters. The van der Waals surface area contributed by atoms with Gasteiger partial charge in [-0.1, -0.05) is 12.1 Å². The molecule has 0 radical (unpaired) electrons. The van der Waals surface area contributed by atoms with Gasteiger partial charge in [0.15, 0.2) is 0 Å². The fraction of sp³-hybridized carbons (Fsp3) is 0.105. The number of thioether (sulfide) groups is 1. The van der Waals surface area contributed by atoms with E-state index >= 15 is 0 Å². The SMILES string of the molecule is CSc1ccccc1C(=O)Nc1ccc(S(=O)(=O)Nc2nccc(C)n2)cc1. The summed E-state index contributed by atoms with van der Waals surface area (Å²) in [7, 11) is -3.83. The highest BCUT2D eigenvalue weighted by atomic mass is 32.2. The van der Waals surface area contributed by atoms with Gasteiger partial charge in [-0.15, -0.1) is 11.8 Å². The molecule has 28 heavy (non-hydrogen) atoms. The number of nitrogens with zero attached hydrogens (tertiary/aromatic N) is 2. The summed E-state index contributed by atoms with van der Waals surface area (Å²) < 4.78 is 27.3. The average Bonchev–Trinajstić information content (AvgIpc) is 2.68. The van der Waals surface area contributed by atoms with Gasteiger partial charge in [0, 0.05) is 22.5 Å². The molecule has 0 saturated heterocycles. The van der Waals surface area contributed by atoms with Crippen LogP contribution in [0.4, 0.5) is 11.6 Å². The molecule has 2 aromatic carbocycles. The van der Waals surface area contributed by atoms with Gasteiger partial charge in [0.1, 0.15) is 0 Å². The van der Waals surface area contributed by atoms with Crippen LogP contribution >= 0.6 is 11.8 Å². The molecule has 144 valence electrons. The molecule has 0 aliphatic carbocycles. The van der Waals surface area contributed by atoms with E-state index in [2.05, 4.69) is 20.0 Å². The fourth-order valence-corrected chi connectivity index (χ4v) is 3.97. The zero-order chi connectivity index (χ0) is 20.1. The Morgan fingerprint density at radius 3 is 2.43 bits per heavy atom. The first kappa shape index (κ1) is 19.8. The smallest absolute Gasteiger partial charge is 0.264 e. The third-order valence-electron chi connectivity index (χ3n) is 3.79. The highest BCUT2D eigenvalue weighted by Gasteiger charge is 2.16. The molecule has 9 heteroatoms. The summed E-state index contributed by atoms with van der Waals surface area (Å²) in [6, 6.07) is 14.8. The minimum atomic E-state index is -3.83. The van der Waals surface area contributed by atoms with Gasteiger partial charge in [0.2, 0.25) is 5.95 Å². The van der Waals surface area contributed by atoms with Crippen LogP contribution in [0.5, 0.6) is 0 Å². The fourth-order valence-electron chi connectivity index (χ4n) is 2.43. The molecule has 0 fully saturated rings. The number of hydrogen-bond donors (Lipinski definition) is 2. The molecule has 0 spiro atoms. The van der Waals surface area contributed by atoms with Crippen molar-refractivity contribution in [3.63, 3.8) is 0 Å². The topological polar surface area (TPSA) is 101 Å². The quantitative estimate of drug-likeness (QED) is 0.598. The number of rotatable bonds is 6. The first-order valence-corrected chi connectivity index (χ1v) is 11.0. The largest absolute Gasteiger partial charge is 0.322 e. The second kappa shape index (κ2) is 8.41. The van der Waals surface area contributed by atoms with E-state index in [0.717, 1.165) is 4.90 Å². The Kier molecular flexibility index (Phi) is 5.96. The molecule has 7 nitrogen and oxygen atoms in total. The number of benzene rings is 2. The summed E-state index contributed by atoms with van der Waals surface area (Å²) in [6.45, 7) is 1.74. The summed E-state index contributed by atoms with van der Waals surface area (Å²) in [4.78, 5) is 21.3. The molecule has 3 aromatic rings.